The highest BCUT2D eigenvalue weighted by Gasteiger charge is 2.35. The van der Waals surface area contributed by atoms with E-state index in [-0.39, 0.29) is 5.91 Å². The van der Waals surface area contributed by atoms with Crippen molar-refractivity contribution in [3.63, 3.8) is 0 Å². The van der Waals surface area contributed by atoms with Crippen molar-refractivity contribution in [2.24, 2.45) is 5.73 Å². The van der Waals surface area contributed by atoms with Gasteiger partial charge in [-0.2, -0.15) is 0 Å². The van der Waals surface area contributed by atoms with Crippen LogP contribution in [-0.2, 0) is 9.53 Å². The molecule has 21 heavy (non-hydrogen) atoms. The Balaban J connectivity index is 2.12. The fraction of sp³-hybridized carbons (Fsp3) is 0.357. The first kappa shape index (κ1) is 14.8. The molecule has 0 aliphatic carbocycles. The quantitative estimate of drug-likeness (QED) is 0.809. The Labute approximate surface area is 122 Å². The summed E-state index contributed by atoms with van der Waals surface area (Å²) in [6, 6.07) is 5.15. The number of esters is 1. The number of hydrogen-bond acceptors (Lipinski definition) is 4. The normalized spacial score (nSPS) is 17.4. The number of likely N-dealkylation sites (tertiary alicyclic amines) is 1. The number of carbonyl (C=O) groups excluding carboxylic acids is 3. The number of benzene rings is 1. The lowest BCUT2D eigenvalue weighted by Crippen LogP contribution is -2.41. The highest BCUT2D eigenvalue weighted by Crippen LogP contribution is 2.21. The molecule has 1 aromatic carbocycles. The number of nitrogens with two attached hydrogens (primary N) is 1. The molecule has 7 heteroatoms. The van der Waals surface area contributed by atoms with Gasteiger partial charge in [0.1, 0.15) is 6.04 Å². The van der Waals surface area contributed by atoms with E-state index < -0.39 is 18.0 Å². The molecule has 7 nitrogen and oxygen atoms in total. The van der Waals surface area contributed by atoms with Crippen LogP contribution >= 0.6 is 0 Å². The van der Waals surface area contributed by atoms with Crippen LogP contribution in [0.15, 0.2) is 24.3 Å². The standard InChI is InChI=1S/C14H17N3O4/c1-21-13(19)11-3-2-8-17(11)12(18)9-4-6-10(7-5-9)16-14(15)20/h4-7,11H,2-3,8H2,1H3,(H3,15,16,20). The third-order valence-corrected chi connectivity index (χ3v) is 3.39. The van der Waals surface area contributed by atoms with Crippen LogP contribution in [0.1, 0.15) is 23.2 Å². The van der Waals surface area contributed by atoms with Crippen molar-refractivity contribution in [2.45, 2.75) is 18.9 Å². The highest BCUT2D eigenvalue weighted by molar-refractivity contribution is 5.98. The van der Waals surface area contributed by atoms with Crippen molar-refractivity contribution in [3.8, 4) is 0 Å². The van der Waals surface area contributed by atoms with Crippen molar-refractivity contribution in [1.29, 1.82) is 0 Å². The Bertz CT molecular complexity index is 556. The second-order valence-corrected chi connectivity index (χ2v) is 4.75. The van der Waals surface area contributed by atoms with E-state index in [1.807, 2.05) is 0 Å². The van der Waals surface area contributed by atoms with E-state index in [2.05, 4.69) is 5.32 Å². The number of nitrogens with one attached hydrogen (secondary N) is 1. The third kappa shape index (κ3) is 3.31. The van der Waals surface area contributed by atoms with E-state index in [4.69, 9.17) is 10.5 Å². The average molecular weight is 291 g/mol. The number of nitrogens with zero attached hydrogens (tertiary/aromatic N) is 1. The zero-order chi connectivity index (χ0) is 15.4. The minimum atomic E-state index is -0.667. The molecule has 1 saturated heterocycles. The topological polar surface area (TPSA) is 102 Å². The van der Waals surface area contributed by atoms with Gasteiger partial charge in [0, 0.05) is 17.8 Å². The largest absolute Gasteiger partial charge is 0.467 e. The molecule has 0 radical (unpaired) electrons. The Morgan fingerprint density at radius 3 is 2.52 bits per heavy atom. The summed E-state index contributed by atoms with van der Waals surface area (Å²) in [6.07, 6.45) is 1.38. The van der Waals surface area contributed by atoms with Crippen LogP contribution in [0.4, 0.5) is 10.5 Å². The summed E-state index contributed by atoms with van der Waals surface area (Å²) < 4.78 is 4.72. The van der Waals surface area contributed by atoms with E-state index in [0.717, 1.165) is 6.42 Å². The summed E-state index contributed by atoms with van der Waals surface area (Å²) in [5.41, 5.74) is 5.96. The number of carbonyl (C=O) groups is 3. The summed E-state index contributed by atoms with van der Waals surface area (Å²) in [5, 5.41) is 2.42. The first-order valence-corrected chi connectivity index (χ1v) is 6.58. The van der Waals surface area contributed by atoms with Gasteiger partial charge in [0.15, 0.2) is 0 Å². The Morgan fingerprint density at radius 1 is 1.29 bits per heavy atom. The number of urea groups is 1. The second kappa shape index (κ2) is 6.25. The van der Waals surface area contributed by atoms with Crippen molar-refractivity contribution in [3.05, 3.63) is 29.8 Å². The predicted octanol–water partition coefficient (Wildman–Crippen LogP) is 0.955. The molecule has 3 N–H and O–H groups in total. The summed E-state index contributed by atoms with van der Waals surface area (Å²) >= 11 is 0. The zero-order valence-electron chi connectivity index (χ0n) is 11.7. The van der Waals surface area contributed by atoms with Gasteiger partial charge in [-0.25, -0.2) is 9.59 Å². The molecule has 0 saturated carbocycles. The molecule has 1 heterocycles. The van der Waals surface area contributed by atoms with Crippen LogP contribution in [0.3, 0.4) is 0 Å². The molecule has 3 amide bonds. The van der Waals surface area contributed by atoms with Gasteiger partial charge in [0.05, 0.1) is 7.11 Å². The number of anilines is 1. The van der Waals surface area contributed by atoms with Crippen LogP contribution in [-0.4, -0.2) is 42.5 Å². The van der Waals surface area contributed by atoms with E-state index in [9.17, 15) is 14.4 Å². The van der Waals surface area contributed by atoms with E-state index >= 15 is 0 Å². The Kier molecular flexibility index (Phi) is 4.42. The Hall–Kier alpha value is -2.57. The molecule has 0 spiro atoms. The van der Waals surface area contributed by atoms with Crippen LogP contribution in [0, 0.1) is 0 Å². The number of ether oxygens (including phenoxy) is 1. The number of rotatable bonds is 3. The average Bonchev–Trinajstić information content (AvgIpc) is 2.95. The molecule has 1 aliphatic rings. The maximum atomic E-state index is 12.4. The van der Waals surface area contributed by atoms with Crippen molar-refractivity contribution in [1.82, 2.24) is 4.90 Å². The van der Waals surface area contributed by atoms with Gasteiger partial charge >= 0.3 is 12.0 Å². The smallest absolute Gasteiger partial charge is 0.328 e. The summed E-state index contributed by atoms with van der Waals surface area (Å²) in [6.45, 7) is 0.528. The summed E-state index contributed by atoms with van der Waals surface area (Å²) in [4.78, 5) is 36.3. The van der Waals surface area contributed by atoms with Crippen LogP contribution < -0.4 is 11.1 Å². The van der Waals surface area contributed by atoms with Crippen molar-refractivity contribution < 1.29 is 19.1 Å². The molecule has 1 unspecified atom stereocenters. The minimum absolute atomic E-state index is 0.228. The zero-order valence-corrected chi connectivity index (χ0v) is 11.7. The van der Waals surface area contributed by atoms with Gasteiger partial charge < -0.3 is 20.7 Å². The molecular formula is C14H17N3O4. The van der Waals surface area contributed by atoms with Crippen molar-refractivity contribution in [2.75, 3.05) is 19.0 Å². The van der Waals surface area contributed by atoms with Crippen LogP contribution in [0.2, 0.25) is 0 Å². The van der Waals surface area contributed by atoms with Crippen LogP contribution in [0.5, 0.6) is 0 Å². The molecule has 2 rings (SSSR count). The lowest BCUT2D eigenvalue weighted by atomic mass is 10.1. The maximum absolute atomic E-state index is 12.4. The van der Waals surface area contributed by atoms with Gasteiger partial charge in [-0.1, -0.05) is 0 Å². The van der Waals surface area contributed by atoms with Gasteiger partial charge in [0.2, 0.25) is 0 Å². The van der Waals surface area contributed by atoms with E-state index in [0.29, 0.717) is 24.2 Å². The first-order chi connectivity index (χ1) is 10.0. The van der Waals surface area contributed by atoms with E-state index in [1.165, 1.54) is 12.0 Å². The van der Waals surface area contributed by atoms with Crippen LogP contribution in [0.25, 0.3) is 0 Å². The van der Waals surface area contributed by atoms with Gasteiger partial charge in [0.25, 0.3) is 5.91 Å². The second-order valence-electron chi connectivity index (χ2n) is 4.75. The summed E-state index contributed by atoms with van der Waals surface area (Å²) in [7, 11) is 1.31. The molecular weight excluding hydrogens is 274 g/mol. The SMILES string of the molecule is COC(=O)C1CCCN1C(=O)c1ccc(NC(N)=O)cc1. The van der Waals surface area contributed by atoms with Gasteiger partial charge in [-0.3, -0.25) is 4.79 Å². The fourth-order valence-corrected chi connectivity index (χ4v) is 2.40. The highest BCUT2D eigenvalue weighted by atomic mass is 16.5. The maximum Gasteiger partial charge on any atom is 0.328 e. The lowest BCUT2D eigenvalue weighted by Gasteiger charge is -2.22. The minimum Gasteiger partial charge on any atom is -0.467 e. The molecule has 1 atom stereocenters. The molecule has 0 bridgehead atoms. The number of amides is 3. The van der Waals surface area contributed by atoms with E-state index in [1.54, 1.807) is 24.3 Å². The van der Waals surface area contributed by atoms with Gasteiger partial charge in [-0.15, -0.1) is 0 Å². The fourth-order valence-electron chi connectivity index (χ4n) is 2.40. The lowest BCUT2D eigenvalue weighted by molar-refractivity contribution is -0.145. The summed E-state index contributed by atoms with van der Waals surface area (Å²) in [5.74, 6) is -0.624. The first-order valence-electron chi connectivity index (χ1n) is 6.58. The molecule has 0 aromatic heterocycles. The van der Waals surface area contributed by atoms with Crippen molar-refractivity contribution >= 4 is 23.6 Å². The van der Waals surface area contributed by atoms with Gasteiger partial charge in [-0.05, 0) is 37.1 Å². The number of primary amides is 1. The predicted molar refractivity (Wildman–Crippen MR) is 75.7 cm³/mol. The third-order valence-electron chi connectivity index (χ3n) is 3.39. The monoisotopic (exact) mass is 291 g/mol. The number of hydrogen-bond donors (Lipinski definition) is 2. The molecule has 1 fully saturated rings. The molecule has 112 valence electrons. The molecule has 1 aliphatic heterocycles. The number of methoxy groups -OCH3 is 1. The molecule has 1 aromatic rings. The Morgan fingerprint density at radius 2 is 1.95 bits per heavy atom.